The minimum absolute atomic E-state index is 0.595. The molecule has 0 saturated heterocycles. The minimum atomic E-state index is 0.595. The predicted octanol–water partition coefficient (Wildman–Crippen LogP) is 3.10. The summed E-state index contributed by atoms with van der Waals surface area (Å²) in [4.78, 5) is 2.61. The lowest BCUT2D eigenvalue weighted by Crippen LogP contribution is -1.92. The smallest absolute Gasteiger partial charge is 0.0153 e. The van der Waals surface area contributed by atoms with Crippen molar-refractivity contribution in [3.63, 3.8) is 0 Å². The van der Waals surface area contributed by atoms with Crippen molar-refractivity contribution >= 4 is 29.6 Å². The van der Waals surface area contributed by atoms with Gasteiger partial charge in [0.1, 0.15) is 0 Å². The molecule has 0 bridgehead atoms. The molecule has 3 heteroatoms. The lowest BCUT2D eigenvalue weighted by atomic mass is 10.2. The normalized spacial score (nSPS) is 11.1. The molecule has 0 spiro atoms. The Kier molecular flexibility index (Phi) is 5.15. The Balaban J connectivity index is 2.99. The van der Waals surface area contributed by atoms with Gasteiger partial charge in [-0.2, -0.15) is 0 Å². The van der Waals surface area contributed by atoms with Gasteiger partial charge in [0.05, 0.1) is 0 Å². The molecule has 0 aliphatic heterocycles. The largest absolute Gasteiger partial charge is 0.327 e. The number of benzene rings is 1. The SMILES string of the molecule is CSc1ccc(/C=C/CN)c(SC)c1. The van der Waals surface area contributed by atoms with E-state index in [9.17, 15) is 0 Å². The van der Waals surface area contributed by atoms with E-state index in [1.54, 1.807) is 23.5 Å². The molecular formula is C11H15NS2. The van der Waals surface area contributed by atoms with E-state index >= 15 is 0 Å². The summed E-state index contributed by atoms with van der Waals surface area (Å²) in [6, 6.07) is 6.50. The molecule has 0 aromatic heterocycles. The van der Waals surface area contributed by atoms with Crippen LogP contribution in [0.25, 0.3) is 6.08 Å². The molecule has 76 valence electrons. The van der Waals surface area contributed by atoms with Crippen molar-refractivity contribution < 1.29 is 0 Å². The van der Waals surface area contributed by atoms with Gasteiger partial charge in [-0.3, -0.25) is 0 Å². The van der Waals surface area contributed by atoms with Crippen LogP contribution in [-0.4, -0.2) is 19.1 Å². The first kappa shape index (κ1) is 11.7. The van der Waals surface area contributed by atoms with Gasteiger partial charge in [0.15, 0.2) is 0 Å². The van der Waals surface area contributed by atoms with Gasteiger partial charge in [-0.1, -0.05) is 18.2 Å². The first-order valence-electron chi connectivity index (χ1n) is 4.40. The van der Waals surface area contributed by atoms with Crippen LogP contribution in [0.2, 0.25) is 0 Å². The zero-order valence-electron chi connectivity index (χ0n) is 8.49. The van der Waals surface area contributed by atoms with Crippen LogP contribution in [0, 0.1) is 0 Å². The standard InChI is InChI=1S/C11H15NS2/c1-13-10-6-5-9(4-3-7-12)11(8-10)14-2/h3-6,8H,7,12H2,1-2H3/b4-3+. The average molecular weight is 225 g/mol. The van der Waals surface area contributed by atoms with E-state index in [4.69, 9.17) is 5.73 Å². The Morgan fingerprint density at radius 1 is 1.29 bits per heavy atom. The molecule has 0 amide bonds. The van der Waals surface area contributed by atoms with Gasteiger partial charge >= 0.3 is 0 Å². The van der Waals surface area contributed by atoms with Crippen LogP contribution in [-0.2, 0) is 0 Å². The Hall–Kier alpha value is -0.380. The molecule has 0 heterocycles. The number of rotatable bonds is 4. The zero-order chi connectivity index (χ0) is 10.4. The summed E-state index contributed by atoms with van der Waals surface area (Å²) in [7, 11) is 0. The molecule has 2 N–H and O–H groups in total. The minimum Gasteiger partial charge on any atom is -0.327 e. The highest BCUT2D eigenvalue weighted by atomic mass is 32.2. The van der Waals surface area contributed by atoms with Crippen LogP contribution >= 0.6 is 23.5 Å². The summed E-state index contributed by atoms with van der Waals surface area (Å²) in [5.41, 5.74) is 6.68. The maximum atomic E-state index is 5.43. The second-order valence-electron chi connectivity index (χ2n) is 2.75. The van der Waals surface area contributed by atoms with E-state index in [2.05, 4.69) is 36.8 Å². The van der Waals surface area contributed by atoms with Gasteiger partial charge in [0.25, 0.3) is 0 Å². The quantitative estimate of drug-likeness (QED) is 0.797. The van der Waals surface area contributed by atoms with E-state index in [-0.39, 0.29) is 0 Å². The summed E-state index contributed by atoms with van der Waals surface area (Å²) >= 11 is 3.54. The molecule has 1 nitrogen and oxygen atoms in total. The molecule has 1 rings (SSSR count). The molecule has 1 aromatic rings. The van der Waals surface area contributed by atoms with Crippen molar-refractivity contribution in [3.05, 3.63) is 29.8 Å². The van der Waals surface area contributed by atoms with E-state index in [0.29, 0.717) is 6.54 Å². The van der Waals surface area contributed by atoms with E-state index in [1.165, 1.54) is 15.4 Å². The molecule has 0 aliphatic rings. The first-order valence-corrected chi connectivity index (χ1v) is 6.85. The lowest BCUT2D eigenvalue weighted by Gasteiger charge is -2.04. The molecule has 0 unspecified atom stereocenters. The van der Waals surface area contributed by atoms with Crippen LogP contribution in [0.15, 0.2) is 34.1 Å². The van der Waals surface area contributed by atoms with Gasteiger partial charge in [0, 0.05) is 16.3 Å². The van der Waals surface area contributed by atoms with Gasteiger partial charge in [-0.25, -0.2) is 0 Å². The van der Waals surface area contributed by atoms with Crippen LogP contribution in [0.3, 0.4) is 0 Å². The molecule has 0 atom stereocenters. The van der Waals surface area contributed by atoms with Crippen LogP contribution in [0.4, 0.5) is 0 Å². The third-order valence-electron chi connectivity index (χ3n) is 1.87. The van der Waals surface area contributed by atoms with Crippen molar-refractivity contribution in [2.45, 2.75) is 9.79 Å². The molecule has 0 saturated carbocycles. The maximum absolute atomic E-state index is 5.43. The van der Waals surface area contributed by atoms with Gasteiger partial charge < -0.3 is 5.73 Å². The van der Waals surface area contributed by atoms with E-state index in [0.717, 1.165) is 0 Å². The number of thioether (sulfide) groups is 2. The van der Waals surface area contributed by atoms with Crippen molar-refractivity contribution in [2.75, 3.05) is 19.1 Å². The van der Waals surface area contributed by atoms with Crippen LogP contribution in [0.5, 0.6) is 0 Å². The molecule has 14 heavy (non-hydrogen) atoms. The Bertz CT molecular complexity index is 321. The summed E-state index contributed by atoms with van der Waals surface area (Å²) in [6.07, 6.45) is 8.25. The molecule has 0 fully saturated rings. The van der Waals surface area contributed by atoms with E-state index in [1.807, 2.05) is 6.08 Å². The average Bonchev–Trinajstić information content (AvgIpc) is 2.26. The Morgan fingerprint density at radius 2 is 2.07 bits per heavy atom. The molecule has 0 aliphatic carbocycles. The molecule has 0 radical (unpaired) electrons. The third kappa shape index (κ3) is 3.08. The first-order chi connectivity index (χ1) is 6.81. The lowest BCUT2D eigenvalue weighted by molar-refractivity contribution is 1.25. The maximum Gasteiger partial charge on any atom is 0.0153 e. The van der Waals surface area contributed by atoms with Crippen molar-refractivity contribution in [1.29, 1.82) is 0 Å². The summed E-state index contributed by atoms with van der Waals surface area (Å²) in [5, 5.41) is 0. The van der Waals surface area contributed by atoms with Crippen molar-refractivity contribution in [2.24, 2.45) is 5.73 Å². The fourth-order valence-corrected chi connectivity index (χ4v) is 2.28. The number of hydrogen-bond acceptors (Lipinski definition) is 3. The Labute approximate surface area is 94.2 Å². The topological polar surface area (TPSA) is 26.0 Å². The van der Waals surface area contributed by atoms with Crippen molar-refractivity contribution in [1.82, 2.24) is 0 Å². The number of nitrogens with two attached hydrogens (primary N) is 1. The monoisotopic (exact) mass is 225 g/mol. The van der Waals surface area contributed by atoms with Crippen molar-refractivity contribution in [3.8, 4) is 0 Å². The van der Waals surface area contributed by atoms with E-state index < -0.39 is 0 Å². The highest BCUT2D eigenvalue weighted by Gasteiger charge is 1.99. The van der Waals surface area contributed by atoms with Gasteiger partial charge in [-0.15, -0.1) is 23.5 Å². The third-order valence-corrected chi connectivity index (χ3v) is 3.39. The zero-order valence-corrected chi connectivity index (χ0v) is 10.1. The predicted molar refractivity (Wildman–Crippen MR) is 68.1 cm³/mol. The number of hydrogen-bond donors (Lipinski definition) is 1. The Morgan fingerprint density at radius 3 is 2.64 bits per heavy atom. The highest BCUT2D eigenvalue weighted by Crippen LogP contribution is 2.26. The highest BCUT2D eigenvalue weighted by molar-refractivity contribution is 7.99. The summed E-state index contributed by atoms with van der Waals surface area (Å²) in [6.45, 7) is 0.595. The summed E-state index contributed by atoms with van der Waals surface area (Å²) in [5.74, 6) is 0. The summed E-state index contributed by atoms with van der Waals surface area (Å²) < 4.78 is 0. The molecular weight excluding hydrogens is 210 g/mol. The second-order valence-corrected chi connectivity index (χ2v) is 4.47. The van der Waals surface area contributed by atoms with Crippen LogP contribution in [0.1, 0.15) is 5.56 Å². The fourth-order valence-electron chi connectivity index (χ4n) is 1.15. The second kappa shape index (κ2) is 6.17. The van der Waals surface area contributed by atoms with Gasteiger partial charge in [0.2, 0.25) is 0 Å². The molecule has 1 aromatic carbocycles. The van der Waals surface area contributed by atoms with Crippen LogP contribution < -0.4 is 5.73 Å². The fraction of sp³-hybridized carbons (Fsp3) is 0.273. The van der Waals surface area contributed by atoms with Gasteiger partial charge in [-0.05, 0) is 30.2 Å².